The SMILES string of the molecule is Cc1ccc(C2=CCNC[C@@H]2OC(=O)C(C)(C)C)cc1F. The highest BCUT2D eigenvalue weighted by Gasteiger charge is 2.29. The van der Waals surface area contributed by atoms with Gasteiger partial charge < -0.3 is 10.1 Å². The molecule has 1 N–H and O–H groups in total. The maximum atomic E-state index is 13.8. The number of rotatable bonds is 2. The van der Waals surface area contributed by atoms with Gasteiger partial charge in [-0.15, -0.1) is 0 Å². The van der Waals surface area contributed by atoms with Crippen LogP contribution in [0.1, 0.15) is 31.9 Å². The van der Waals surface area contributed by atoms with Crippen molar-refractivity contribution in [2.45, 2.75) is 33.8 Å². The summed E-state index contributed by atoms with van der Waals surface area (Å²) in [6.45, 7) is 8.42. The minimum Gasteiger partial charge on any atom is -0.456 e. The Balaban J connectivity index is 2.25. The van der Waals surface area contributed by atoms with Gasteiger partial charge in [-0.25, -0.2) is 4.39 Å². The van der Waals surface area contributed by atoms with E-state index in [0.717, 1.165) is 11.1 Å². The first-order valence-electron chi connectivity index (χ1n) is 7.17. The van der Waals surface area contributed by atoms with E-state index < -0.39 is 5.41 Å². The van der Waals surface area contributed by atoms with Crippen LogP contribution in [0.25, 0.3) is 5.57 Å². The molecule has 4 heteroatoms. The number of hydrogen-bond acceptors (Lipinski definition) is 3. The molecule has 0 amide bonds. The van der Waals surface area contributed by atoms with E-state index in [1.54, 1.807) is 13.0 Å². The van der Waals surface area contributed by atoms with Crippen LogP contribution >= 0.6 is 0 Å². The standard InChI is InChI=1S/C17H22FNO2/c1-11-5-6-12(9-14(11)18)13-7-8-19-10-15(13)21-16(20)17(2,3)4/h5-7,9,15,19H,8,10H2,1-4H3/t15-/m0/s1. The number of halogens is 1. The molecular formula is C17H22FNO2. The van der Waals surface area contributed by atoms with E-state index in [-0.39, 0.29) is 17.9 Å². The summed E-state index contributed by atoms with van der Waals surface area (Å²) in [5.41, 5.74) is 1.69. The lowest BCUT2D eigenvalue weighted by Gasteiger charge is -2.28. The van der Waals surface area contributed by atoms with Crippen molar-refractivity contribution in [3.05, 3.63) is 41.2 Å². The maximum Gasteiger partial charge on any atom is 0.311 e. The molecule has 1 aromatic rings. The monoisotopic (exact) mass is 291 g/mol. The quantitative estimate of drug-likeness (QED) is 0.851. The van der Waals surface area contributed by atoms with E-state index in [9.17, 15) is 9.18 Å². The van der Waals surface area contributed by atoms with Gasteiger partial charge in [0.05, 0.1) is 5.41 Å². The molecule has 1 aliphatic heterocycles. The molecule has 0 saturated heterocycles. The third-order valence-corrected chi connectivity index (χ3v) is 3.51. The van der Waals surface area contributed by atoms with Gasteiger partial charge in [-0.2, -0.15) is 0 Å². The Morgan fingerprint density at radius 1 is 1.38 bits per heavy atom. The Hall–Kier alpha value is -1.68. The van der Waals surface area contributed by atoms with Crippen LogP contribution in [0.4, 0.5) is 4.39 Å². The van der Waals surface area contributed by atoms with Crippen molar-refractivity contribution in [3.63, 3.8) is 0 Å². The van der Waals surface area contributed by atoms with Gasteiger partial charge in [0.15, 0.2) is 0 Å². The predicted molar refractivity (Wildman–Crippen MR) is 81.3 cm³/mol. The molecule has 1 atom stereocenters. The molecule has 0 saturated carbocycles. The Morgan fingerprint density at radius 3 is 2.71 bits per heavy atom. The minimum absolute atomic E-state index is 0.243. The highest BCUT2D eigenvalue weighted by molar-refractivity contribution is 5.79. The van der Waals surface area contributed by atoms with Crippen molar-refractivity contribution < 1.29 is 13.9 Å². The van der Waals surface area contributed by atoms with Crippen molar-refractivity contribution in [1.29, 1.82) is 0 Å². The molecule has 1 heterocycles. The lowest BCUT2D eigenvalue weighted by atomic mass is 9.94. The minimum atomic E-state index is -0.554. The first-order chi connectivity index (χ1) is 9.79. The first kappa shape index (κ1) is 15.7. The van der Waals surface area contributed by atoms with E-state index in [2.05, 4.69) is 5.32 Å². The first-order valence-corrected chi connectivity index (χ1v) is 7.17. The smallest absolute Gasteiger partial charge is 0.311 e. The molecule has 0 aliphatic carbocycles. The summed E-state index contributed by atoms with van der Waals surface area (Å²) in [5, 5.41) is 3.17. The van der Waals surface area contributed by atoms with Gasteiger partial charge in [-0.3, -0.25) is 4.79 Å². The van der Waals surface area contributed by atoms with Crippen molar-refractivity contribution in [2.24, 2.45) is 5.41 Å². The van der Waals surface area contributed by atoms with Gasteiger partial charge in [0.2, 0.25) is 0 Å². The molecule has 1 aromatic carbocycles. The highest BCUT2D eigenvalue weighted by Crippen LogP contribution is 2.26. The fraction of sp³-hybridized carbons (Fsp3) is 0.471. The lowest BCUT2D eigenvalue weighted by molar-refractivity contribution is -0.155. The van der Waals surface area contributed by atoms with E-state index in [4.69, 9.17) is 4.74 Å². The number of carbonyl (C=O) groups is 1. The average molecular weight is 291 g/mol. The van der Waals surface area contributed by atoms with Crippen LogP contribution in [-0.2, 0) is 9.53 Å². The Bertz CT molecular complexity index is 573. The zero-order valence-electron chi connectivity index (χ0n) is 13.0. The highest BCUT2D eigenvalue weighted by atomic mass is 19.1. The predicted octanol–water partition coefficient (Wildman–Crippen LogP) is 3.08. The Kier molecular flexibility index (Phi) is 4.47. The van der Waals surface area contributed by atoms with Crippen molar-refractivity contribution in [1.82, 2.24) is 5.32 Å². The molecule has 2 rings (SSSR count). The van der Waals surface area contributed by atoms with Crippen LogP contribution in [0.15, 0.2) is 24.3 Å². The second kappa shape index (κ2) is 5.98. The number of hydrogen-bond donors (Lipinski definition) is 1. The van der Waals surface area contributed by atoms with Crippen LogP contribution in [0.5, 0.6) is 0 Å². The molecule has 0 bridgehead atoms. The summed E-state index contributed by atoms with van der Waals surface area (Å²) < 4.78 is 19.4. The number of nitrogens with one attached hydrogen (secondary N) is 1. The van der Waals surface area contributed by atoms with Gasteiger partial charge in [0.25, 0.3) is 0 Å². The molecule has 114 valence electrons. The summed E-state index contributed by atoms with van der Waals surface area (Å²) >= 11 is 0. The largest absolute Gasteiger partial charge is 0.456 e. The fourth-order valence-corrected chi connectivity index (χ4v) is 2.13. The third-order valence-electron chi connectivity index (χ3n) is 3.51. The number of carbonyl (C=O) groups excluding carboxylic acids is 1. The normalized spacial score (nSPS) is 19.1. The van der Waals surface area contributed by atoms with E-state index in [0.29, 0.717) is 18.7 Å². The molecule has 0 spiro atoms. The van der Waals surface area contributed by atoms with E-state index in [1.165, 1.54) is 6.07 Å². The topological polar surface area (TPSA) is 38.3 Å². The van der Waals surface area contributed by atoms with Gasteiger partial charge in [0, 0.05) is 13.1 Å². The van der Waals surface area contributed by atoms with Crippen LogP contribution in [0, 0.1) is 18.2 Å². The molecule has 0 fully saturated rings. The Labute approximate surface area is 125 Å². The number of aryl methyl sites for hydroxylation is 1. The molecular weight excluding hydrogens is 269 g/mol. The number of esters is 1. The van der Waals surface area contributed by atoms with Crippen LogP contribution in [0.3, 0.4) is 0 Å². The van der Waals surface area contributed by atoms with Gasteiger partial charge in [-0.1, -0.05) is 18.2 Å². The van der Waals surface area contributed by atoms with Crippen LogP contribution < -0.4 is 5.32 Å². The summed E-state index contributed by atoms with van der Waals surface area (Å²) in [4.78, 5) is 12.1. The van der Waals surface area contributed by atoms with Gasteiger partial charge in [-0.05, 0) is 50.5 Å². The molecule has 1 aliphatic rings. The second-order valence-corrected chi connectivity index (χ2v) is 6.43. The van der Waals surface area contributed by atoms with Crippen LogP contribution in [-0.4, -0.2) is 25.2 Å². The molecule has 21 heavy (non-hydrogen) atoms. The lowest BCUT2D eigenvalue weighted by Crippen LogP contribution is -2.38. The fourth-order valence-electron chi connectivity index (χ4n) is 2.13. The van der Waals surface area contributed by atoms with Crippen molar-refractivity contribution >= 4 is 11.5 Å². The van der Waals surface area contributed by atoms with Gasteiger partial charge in [0.1, 0.15) is 11.9 Å². The molecule has 0 unspecified atom stereocenters. The average Bonchev–Trinajstić information content (AvgIpc) is 2.41. The maximum absolute atomic E-state index is 13.8. The van der Waals surface area contributed by atoms with E-state index in [1.807, 2.05) is 32.9 Å². The van der Waals surface area contributed by atoms with Gasteiger partial charge >= 0.3 is 5.97 Å². The van der Waals surface area contributed by atoms with Crippen LogP contribution in [0.2, 0.25) is 0 Å². The number of benzene rings is 1. The third kappa shape index (κ3) is 3.70. The van der Waals surface area contributed by atoms with Crippen molar-refractivity contribution in [3.8, 4) is 0 Å². The molecule has 0 radical (unpaired) electrons. The zero-order chi connectivity index (χ0) is 15.6. The summed E-state index contributed by atoms with van der Waals surface area (Å²) in [7, 11) is 0. The summed E-state index contributed by atoms with van der Waals surface area (Å²) in [6.07, 6.45) is 1.57. The summed E-state index contributed by atoms with van der Waals surface area (Å²) in [6, 6.07) is 5.12. The second-order valence-electron chi connectivity index (χ2n) is 6.43. The Morgan fingerprint density at radius 2 is 2.10 bits per heavy atom. The zero-order valence-corrected chi connectivity index (χ0v) is 13.0. The van der Waals surface area contributed by atoms with E-state index >= 15 is 0 Å². The molecule has 0 aromatic heterocycles. The number of ether oxygens (including phenoxy) is 1. The summed E-state index contributed by atoms with van der Waals surface area (Å²) in [5.74, 6) is -0.498. The van der Waals surface area contributed by atoms with Crippen molar-refractivity contribution in [2.75, 3.05) is 13.1 Å². The molecule has 3 nitrogen and oxygen atoms in total.